The normalized spacial score (nSPS) is 14.2. The van der Waals surface area contributed by atoms with Crippen LogP contribution in [0.1, 0.15) is 48.9 Å². The summed E-state index contributed by atoms with van der Waals surface area (Å²) in [6, 6.07) is 1.76. The van der Waals surface area contributed by atoms with E-state index in [1.165, 1.54) is 4.52 Å². The van der Waals surface area contributed by atoms with Gasteiger partial charge in [0.25, 0.3) is 17.5 Å². The van der Waals surface area contributed by atoms with Gasteiger partial charge in [0.1, 0.15) is 0 Å². The van der Waals surface area contributed by atoms with Crippen LogP contribution in [0.2, 0.25) is 0 Å². The lowest BCUT2D eigenvalue weighted by Gasteiger charge is -2.26. The first-order chi connectivity index (χ1) is 12.1. The second-order valence-corrected chi connectivity index (χ2v) is 5.89. The molecule has 0 fully saturated rings. The van der Waals surface area contributed by atoms with Crippen LogP contribution in [0.4, 0.5) is 0 Å². The highest BCUT2D eigenvalue weighted by Crippen LogP contribution is 2.21. The predicted molar refractivity (Wildman–Crippen MR) is 89.7 cm³/mol. The van der Waals surface area contributed by atoms with Crippen LogP contribution in [0.25, 0.3) is 5.78 Å². The van der Waals surface area contributed by atoms with Crippen LogP contribution >= 0.6 is 0 Å². The van der Waals surface area contributed by atoms with Gasteiger partial charge in [0, 0.05) is 24.1 Å². The number of carbonyl (C=O) groups excluding carboxylic acids is 2. The lowest BCUT2D eigenvalue weighted by Crippen LogP contribution is -2.34. The number of carbonyl (C=O) groups is 2. The molecule has 0 unspecified atom stereocenters. The maximum absolute atomic E-state index is 12.4. The van der Waals surface area contributed by atoms with E-state index in [9.17, 15) is 9.59 Å². The number of esters is 1. The Morgan fingerprint density at radius 1 is 1.36 bits per heavy atom. The summed E-state index contributed by atoms with van der Waals surface area (Å²) in [5, 5.41) is 4.08. The minimum atomic E-state index is -0.730. The Labute approximate surface area is 145 Å². The highest BCUT2D eigenvalue weighted by atomic mass is 16.5. The SMILES string of the molecule is CCN(C(=O)COC(=O)c1nc2nccc(C)n2n1)C1=CCCCC1. The Morgan fingerprint density at radius 2 is 2.20 bits per heavy atom. The Morgan fingerprint density at radius 3 is 2.88 bits per heavy atom. The van der Waals surface area contributed by atoms with Gasteiger partial charge in [0.15, 0.2) is 6.61 Å². The van der Waals surface area contributed by atoms with Crippen molar-refractivity contribution < 1.29 is 14.3 Å². The first-order valence-corrected chi connectivity index (χ1v) is 8.45. The summed E-state index contributed by atoms with van der Waals surface area (Å²) in [6.07, 6.45) is 7.77. The number of aryl methyl sites for hydroxylation is 1. The van der Waals surface area contributed by atoms with Crippen LogP contribution in [0.3, 0.4) is 0 Å². The molecule has 0 bridgehead atoms. The van der Waals surface area contributed by atoms with Gasteiger partial charge in [-0.25, -0.2) is 14.3 Å². The van der Waals surface area contributed by atoms with Gasteiger partial charge < -0.3 is 9.64 Å². The summed E-state index contributed by atoms with van der Waals surface area (Å²) < 4.78 is 6.57. The highest BCUT2D eigenvalue weighted by Gasteiger charge is 2.21. The summed E-state index contributed by atoms with van der Waals surface area (Å²) in [4.78, 5) is 34.3. The van der Waals surface area contributed by atoms with Gasteiger partial charge in [-0.3, -0.25) is 4.79 Å². The number of amides is 1. The number of hydrogen-bond acceptors (Lipinski definition) is 6. The zero-order valence-corrected chi connectivity index (χ0v) is 14.4. The van der Waals surface area contributed by atoms with Crippen molar-refractivity contribution in [3.05, 3.63) is 35.6 Å². The van der Waals surface area contributed by atoms with Crippen molar-refractivity contribution in [1.82, 2.24) is 24.5 Å². The highest BCUT2D eigenvalue weighted by molar-refractivity contribution is 5.88. The van der Waals surface area contributed by atoms with Crippen LogP contribution in [-0.4, -0.2) is 49.5 Å². The first kappa shape index (κ1) is 17.1. The van der Waals surface area contributed by atoms with Crippen molar-refractivity contribution in [2.24, 2.45) is 0 Å². The summed E-state index contributed by atoms with van der Waals surface area (Å²) in [5.74, 6) is -0.746. The fourth-order valence-corrected chi connectivity index (χ4v) is 2.87. The van der Waals surface area contributed by atoms with E-state index in [4.69, 9.17) is 4.74 Å². The predicted octanol–water partition coefficient (Wildman–Crippen LogP) is 1.90. The molecule has 1 aliphatic rings. The van der Waals surface area contributed by atoms with E-state index >= 15 is 0 Å². The van der Waals surface area contributed by atoms with Gasteiger partial charge in [0.2, 0.25) is 0 Å². The molecule has 132 valence electrons. The Hall–Kier alpha value is -2.77. The first-order valence-electron chi connectivity index (χ1n) is 8.45. The fourth-order valence-electron chi connectivity index (χ4n) is 2.87. The van der Waals surface area contributed by atoms with E-state index in [0.29, 0.717) is 12.3 Å². The largest absolute Gasteiger partial charge is 0.450 e. The van der Waals surface area contributed by atoms with Crippen molar-refractivity contribution >= 4 is 17.7 Å². The molecule has 0 saturated carbocycles. The quantitative estimate of drug-likeness (QED) is 0.770. The molecule has 0 aromatic carbocycles. The van der Waals surface area contributed by atoms with Crippen LogP contribution in [0.15, 0.2) is 24.0 Å². The molecule has 25 heavy (non-hydrogen) atoms. The van der Waals surface area contributed by atoms with E-state index in [0.717, 1.165) is 37.1 Å². The molecule has 8 heteroatoms. The monoisotopic (exact) mass is 343 g/mol. The van der Waals surface area contributed by atoms with Crippen LogP contribution in [0, 0.1) is 6.92 Å². The molecule has 2 aromatic heterocycles. The summed E-state index contributed by atoms with van der Waals surface area (Å²) in [5.41, 5.74) is 1.81. The van der Waals surface area contributed by atoms with E-state index < -0.39 is 5.97 Å². The summed E-state index contributed by atoms with van der Waals surface area (Å²) >= 11 is 0. The lowest BCUT2D eigenvalue weighted by molar-refractivity contribution is -0.132. The minimum absolute atomic E-state index is 0.102. The molecule has 3 rings (SSSR count). The van der Waals surface area contributed by atoms with E-state index in [-0.39, 0.29) is 18.3 Å². The molecule has 8 nitrogen and oxygen atoms in total. The van der Waals surface area contributed by atoms with Crippen LogP contribution in [-0.2, 0) is 9.53 Å². The third-order valence-corrected chi connectivity index (χ3v) is 4.17. The molecule has 2 heterocycles. The number of nitrogens with zero attached hydrogens (tertiary/aromatic N) is 5. The number of ether oxygens (including phenoxy) is 1. The van der Waals surface area contributed by atoms with Gasteiger partial charge in [-0.1, -0.05) is 6.08 Å². The van der Waals surface area contributed by atoms with E-state index in [1.807, 2.05) is 13.8 Å². The summed E-state index contributed by atoms with van der Waals surface area (Å²) in [6.45, 7) is 3.97. The van der Waals surface area contributed by atoms with Gasteiger partial charge in [-0.2, -0.15) is 4.98 Å². The smallest absolute Gasteiger partial charge is 0.378 e. The number of allylic oxidation sites excluding steroid dienone is 2. The van der Waals surface area contributed by atoms with E-state index in [2.05, 4.69) is 21.1 Å². The third-order valence-electron chi connectivity index (χ3n) is 4.17. The third kappa shape index (κ3) is 3.67. The second kappa shape index (κ2) is 7.42. The standard InChI is InChI=1S/C17H21N5O3/c1-3-21(13-7-5-4-6-8-13)14(23)11-25-16(24)15-19-17-18-10-9-12(2)22(17)20-15/h7,9-10H,3-6,8,11H2,1-2H3. The molecule has 0 saturated heterocycles. The molecule has 0 aliphatic heterocycles. The molecule has 0 atom stereocenters. The Kier molecular flexibility index (Phi) is 5.06. The van der Waals surface area contributed by atoms with Crippen molar-refractivity contribution in [3.63, 3.8) is 0 Å². The summed E-state index contributed by atoms with van der Waals surface area (Å²) in [7, 11) is 0. The average molecular weight is 343 g/mol. The van der Waals surface area contributed by atoms with Gasteiger partial charge >= 0.3 is 5.97 Å². The fraction of sp³-hybridized carbons (Fsp3) is 0.471. The van der Waals surface area contributed by atoms with Crippen molar-refractivity contribution in [2.45, 2.75) is 39.5 Å². The number of likely N-dealkylation sites (N-methyl/N-ethyl adjacent to an activating group) is 1. The molecular weight excluding hydrogens is 322 g/mol. The average Bonchev–Trinajstić information content (AvgIpc) is 3.07. The van der Waals surface area contributed by atoms with Crippen molar-refractivity contribution in [3.8, 4) is 0 Å². The van der Waals surface area contributed by atoms with Crippen LogP contribution < -0.4 is 0 Å². The Bertz CT molecular complexity index is 827. The van der Waals surface area contributed by atoms with Gasteiger partial charge in [-0.15, -0.1) is 5.10 Å². The van der Waals surface area contributed by atoms with Crippen molar-refractivity contribution in [2.75, 3.05) is 13.2 Å². The number of hydrogen-bond donors (Lipinski definition) is 0. The van der Waals surface area contributed by atoms with Crippen molar-refractivity contribution in [1.29, 1.82) is 0 Å². The molecule has 0 radical (unpaired) electrons. The number of aromatic nitrogens is 4. The molecule has 0 spiro atoms. The molecule has 2 aromatic rings. The zero-order chi connectivity index (χ0) is 17.8. The minimum Gasteiger partial charge on any atom is -0.450 e. The van der Waals surface area contributed by atoms with Gasteiger partial charge in [0.05, 0.1) is 0 Å². The second-order valence-electron chi connectivity index (χ2n) is 5.89. The zero-order valence-electron chi connectivity index (χ0n) is 14.4. The maximum Gasteiger partial charge on any atom is 0.378 e. The van der Waals surface area contributed by atoms with Gasteiger partial charge in [-0.05, 0) is 45.6 Å². The Balaban J connectivity index is 1.65. The molecule has 1 amide bonds. The topological polar surface area (TPSA) is 89.7 Å². The molecule has 1 aliphatic carbocycles. The van der Waals surface area contributed by atoms with Crippen LogP contribution in [0.5, 0.6) is 0 Å². The number of rotatable bonds is 5. The van der Waals surface area contributed by atoms with E-state index in [1.54, 1.807) is 17.2 Å². The maximum atomic E-state index is 12.4. The molecular formula is C17H21N5O3. The lowest BCUT2D eigenvalue weighted by atomic mass is 10.0. The molecule has 0 N–H and O–H groups in total. The number of fused-ring (bicyclic) bond motifs is 1.